The highest BCUT2D eigenvalue weighted by Crippen LogP contribution is 2.27. The van der Waals surface area contributed by atoms with E-state index in [9.17, 15) is 14.7 Å². The van der Waals surface area contributed by atoms with Gasteiger partial charge in [-0.1, -0.05) is 18.2 Å². The Morgan fingerprint density at radius 2 is 1.97 bits per heavy atom. The number of aliphatic hydroxyl groups excluding tert-OH is 1. The van der Waals surface area contributed by atoms with Crippen molar-refractivity contribution in [3.05, 3.63) is 54.1 Å². The molecule has 0 aromatic heterocycles. The molecule has 0 bridgehead atoms. The molecular formula is C23H28N2O4. The van der Waals surface area contributed by atoms with E-state index in [0.29, 0.717) is 25.9 Å². The SMILES string of the molecule is CC(O)CN(C(=O)CCCCOc1ccc2c(c1)CCC(=O)N2)c1ccccc1. The lowest BCUT2D eigenvalue weighted by Crippen LogP contribution is -2.36. The first kappa shape index (κ1) is 20.9. The van der Waals surface area contributed by atoms with Crippen LogP contribution in [0.3, 0.4) is 0 Å². The molecule has 2 aromatic carbocycles. The summed E-state index contributed by atoms with van der Waals surface area (Å²) in [6.45, 7) is 2.49. The van der Waals surface area contributed by atoms with Crippen LogP contribution in [0.5, 0.6) is 5.75 Å². The highest BCUT2D eigenvalue weighted by molar-refractivity contribution is 5.94. The maximum absolute atomic E-state index is 12.6. The van der Waals surface area contributed by atoms with Gasteiger partial charge in [-0.15, -0.1) is 0 Å². The van der Waals surface area contributed by atoms with Crippen LogP contribution < -0.4 is 15.0 Å². The van der Waals surface area contributed by atoms with Gasteiger partial charge in [-0.3, -0.25) is 9.59 Å². The first-order chi connectivity index (χ1) is 14.0. The molecule has 0 aliphatic carbocycles. The molecule has 0 radical (unpaired) electrons. The molecule has 2 aromatic rings. The number of aliphatic hydroxyl groups is 1. The Bertz CT molecular complexity index is 836. The molecule has 0 saturated heterocycles. The van der Waals surface area contributed by atoms with Gasteiger partial charge in [0.2, 0.25) is 11.8 Å². The van der Waals surface area contributed by atoms with E-state index in [-0.39, 0.29) is 18.4 Å². The summed E-state index contributed by atoms with van der Waals surface area (Å²) in [6.07, 6.45) is 2.52. The Morgan fingerprint density at radius 3 is 2.72 bits per heavy atom. The molecule has 0 saturated carbocycles. The van der Waals surface area contributed by atoms with Crippen LogP contribution in [0, 0.1) is 0 Å². The number of unbranched alkanes of at least 4 members (excludes halogenated alkanes) is 1. The lowest BCUT2D eigenvalue weighted by molar-refractivity contribution is -0.119. The Balaban J connectivity index is 1.44. The van der Waals surface area contributed by atoms with Crippen LogP contribution in [0.25, 0.3) is 0 Å². The largest absolute Gasteiger partial charge is 0.494 e. The number of hydrogen-bond acceptors (Lipinski definition) is 4. The molecule has 3 rings (SSSR count). The first-order valence-electron chi connectivity index (χ1n) is 10.1. The molecule has 1 heterocycles. The summed E-state index contributed by atoms with van der Waals surface area (Å²) >= 11 is 0. The fourth-order valence-corrected chi connectivity index (χ4v) is 3.38. The maximum Gasteiger partial charge on any atom is 0.227 e. The van der Waals surface area contributed by atoms with E-state index in [1.165, 1.54) is 0 Å². The minimum Gasteiger partial charge on any atom is -0.494 e. The Morgan fingerprint density at radius 1 is 1.17 bits per heavy atom. The van der Waals surface area contributed by atoms with Gasteiger partial charge in [0.25, 0.3) is 0 Å². The van der Waals surface area contributed by atoms with Crippen molar-refractivity contribution in [2.75, 3.05) is 23.4 Å². The van der Waals surface area contributed by atoms with Crippen molar-refractivity contribution >= 4 is 23.2 Å². The van der Waals surface area contributed by atoms with Crippen molar-refractivity contribution < 1.29 is 19.4 Å². The van der Waals surface area contributed by atoms with Gasteiger partial charge in [-0.2, -0.15) is 0 Å². The maximum atomic E-state index is 12.6. The van der Waals surface area contributed by atoms with Crippen molar-refractivity contribution in [3.63, 3.8) is 0 Å². The summed E-state index contributed by atoms with van der Waals surface area (Å²) in [5, 5.41) is 12.6. The number of hydrogen-bond donors (Lipinski definition) is 2. The third-order valence-corrected chi connectivity index (χ3v) is 4.84. The topological polar surface area (TPSA) is 78.9 Å². The molecule has 6 heteroatoms. The van der Waals surface area contributed by atoms with E-state index in [2.05, 4.69) is 5.32 Å². The zero-order chi connectivity index (χ0) is 20.6. The first-order valence-corrected chi connectivity index (χ1v) is 10.1. The summed E-state index contributed by atoms with van der Waals surface area (Å²) in [5.41, 5.74) is 2.75. The minimum atomic E-state index is -0.587. The molecule has 1 aliphatic rings. The Hall–Kier alpha value is -2.86. The second kappa shape index (κ2) is 10.1. The standard InChI is InChI=1S/C23H28N2O4/c1-17(26)16-25(19-7-3-2-4-8-19)23(28)9-5-6-14-29-20-11-12-21-18(15-20)10-13-22(27)24-21/h2-4,7-8,11-12,15,17,26H,5-6,9-10,13-14,16H2,1H3,(H,24,27). The van der Waals surface area contributed by atoms with Crippen molar-refractivity contribution in [3.8, 4) is 5.75 Å². The third-order valence-electron chi connectivity index (χ3n) is 4.84. The van der Waals surface area contributed by atoms with E-state index in [0.717, 1.165) is 35.5 Å². The van der Waals surface area contributed by atoms with Gasteiger partial charge in [0, 0.05) is 24.2 Å². The van der Waals surface area contributed by atoms with Gasteiger partial charge in [0.05, 0.1) is 19.3 Å². The van der Waals surface area contributed by atoms with Gasteiger partial charge in [-0.05, 0) is 62.1 Å². The molecule has 0 spiro atoms. The number of nitrogens with one attached hydrogen (secondary N) is 1. The average molecular weight is 396 g/mol. The molecule has 29 heavy (non-hydrogen) atoms. The average Bonchev–Trinajstić information content (AvgIpc) is 2.72. The fraction of sp³-hybridized carbons (Fsp3) is 0.391. The van der Waals surface area contributed by atoms with Crippen LogP contribution in [0.2, 0.25) is 0 Å². The highest BCUT2D eigenvalue weighted by Gasteiger charge is 2.17. The summed E-state index contributed by atoms with van der Waals surface area (Å²) in [7, 11) is 0. The number of anilines is 2. The number of para-hydroxylation sites is 1. The third kappa shape index (κ3) is 6.06. The molecule has 2 amide bonds. The minimum absolute atomic E-state index is 0.00150. The summed E-state index contributed by atoms with van der Waals surface area (Å²) < 4.78 is 5.81. The summed E-state index contributed by atoms with van der Waals surface area (Å²) in [4.78, 5) is 25.7. The van der Waals surface area contributed by atoms with Crippen LogP contribution in [0.15, 0.2) is 48.5 Å². The van der Waals surface area contributed by atoms with Crippen molar-refractivity contribution in [2.24, 2.45) is 0 Å². The van der Waals surface area contributed by atoms with Crippen LogP contribution >= 0.6 is 0 Å². The van der Waals surface area contributed by atoms with Gasteiger partial charge in [0.1, 0.15) is 5.75 Å². The summed E-state index contributed by atoms with van der Waals surface area (Å²) in [5.74, 6) is 0.837. The van der Waals surface area contributed by atoms with E-state index in [1.807, 2.05) is 48.5 Å². The van der Waals surface area contributed by atoms with Crippen molar-refractivity contribution in [1.82, 2.24) is 0 Å². The second-order valence-corrected chi connectivity index (χ2v) is 7.36. The normalized spacial score (nSPS) is 13.9. The molecule has 2 N–H and O–H groups in total. The van der Waals surface area contributed by atoms with E-state index < -0.39 is 6.10 Å². The van der Waals surface area contributed by atoms with Gasteiger partial charge < -0.3 is 20.1 Å². The monoisotopic (exact) mass is 396 g/mol. The van der Waals surface area contributed by atoms with Crippen LogP contribution in [-0.4, -0.2) is 36.2 Å². The number of aryl methyl sites for hydroxylation is 1. The molecule has 1 atom stereocenters. The number of benzene rings is 2. The number of carbonyl (C=O) groups is 2. The van der Waals surface area contributed by atoms with Crippen LogP contribution in [-0.2, 0) is 16.0 Å². The number of amides is 2. The fourth-order valence-electron chi connectivity index (χ4n) is 3.38. The van der Waals surface area contributed by atoms with Crippen molar-refractivity contribution in [1.29, 1.82) is 0 Å². The summed E-state index contributed by atoms with van der Waals surface area (Å²) in [6, 6.07) is 15.1. The lowest BCUT2D eigenvalue weighted by atomic mass is 10.0. The molecule has 154 valence electrons. The number of nitrogens with zero attached hydrogens (tertiary/aromatic N) is 1. The Labute approximate surface area is 171 Å². The number of ether oxygens (including phenoxy) is 1. The number of fused-ring (bicyclic) bond motifs is 1. The van der Waals surface area contributed by atoms with Crippen LogP contribution in [0.4, 0.5) is 11.4 Å². The Kier molecular flexibility index (Phi) is 7.25. The van der Waals surface area contributed by atoms with E-state index in [4.69, 9.17) is 4.74 Å². The zero-order valence-electron chi connectivity index (χ0n) is 16.8. The number of carbonyl (C=O) groups excluding carboxylic acids is 2. The van der Waals surface area contributed by atoms with Crippen molar-refractivity contribution in [2.45, 2.75) is 45.1 Å². The van der Waals surface area contributed by atoms with E-state index in [1.54, 1.807) is 11.8 Å². The lowest BCUT2D eigenvalue weighted by Gasteiger charge is -2.24. The van der Waals surface area contributed by atoms with Gasteiger partial charge >= 0.3 is 0 Å². The molecule has 1 aliphatic heterocycles. The molecular weight excluding hydrogens is 368 g/mol. The number of rotatable bonds is 9. The molecule has 1 unspecified atom stereocenters. The van der Waals surface area contributed by atoms with E-state index >= 15 is 0 Å². The molecule has 0 fully saturated rings. The second-order valence-electron chi connectivity index (χ2n) is 7.36. The predicted molar refractivity (Wildman–Crippen MR) is 113 cm³/mol. The predicted octanol–water partition coefficient (Wildman–Crippen LogP) is 3.53. The van der Waals surface area contributed by atoms with Crippen LogP contribution in [0.1, 0.15) is 38.2 Å². The quantitative estimate of drug-likeness (QED) is 0.636. The smallest absolute Gasteiger partial charge is 0.227 e. The van der Waals surface area contributed by atoms with Gasteiger partial charge in [-0.25, -0.2) is 0 Å². The molecule has 6 nitrogen and oxygen atoms in total. The zero-order valence-corrected chi connectivity index (χ0v) is 16.8. The highest BCUT2D eigenvalue weighted by atomic mass is 16.5. The van der Waals surface area contributed by atoms with Gasteiger partial charge in [0.15, 0.2) is 0 Å².